The molecule has 176 valence electrons. The number of rotatable bonds is 9. The summed E-state index contributed by atoms with van der Waals surface area (Å²) in [5.41, 5.74) is 0. The van der Waals surface area contributed by atoms with E-state index >= 15 is 0 Å². The van der Waals surface area contributed by atoms with Gasteiger partial charge in [-0.2, -0.15) is 0 Å². The van der Waals surface area contributed by atoms with Crippen LogP contribution in [-0.2, 0) is 4.74 Å². The molecule has 2 saturated heterocycles. The third-order valence-corrected chi connectivity index (χ3v) is 5.70. The number of ether oxygens (including phenoxy) is 3. The van der Waals surface area contributed by atoms with Crippen molar-refractivity contribution in [2.45, 2.75) is 45.3 Å². The fourth-order valence-electron chi connectivity index (χ4n) is 4.03. The second-order valence-corrected chi connectivity index (χ2v) is 8.28. The molecule has 0 amide bonds. The first-order chi connectivity index (χ1) is 14.7. The lowest BCUT2D eigenvalue weighted by Crippen LogP contribution is -2.49. The predicted molar refractivity (Wildman–Crippen MR) is 136 cm³/mol. The molecule has 8 heteroatoms. The first-order valence-electron chi connectivity index (χ1n) is 11.3. The summed E-state index contributed by atoms with van der Waals surface area (Å²) in [4.78, 5) is 7.35. The van der Waals surface area contributed by atoms with Gasteiger partial charge in [-0.05, 0) is 51.2 Å². The van der Waals surface area contributed by atoms with Gasteiger partial charge in [0, 0.05) is 44.9 Å². The number of guanidine groups is 1. The van der Waals surface area contributed by atoms with Crippen LogP contribution in [0.25, 0.3) is 0 Å². The van der Waals surface area contributed by atoms with Crippen molar-refractivity contribution in [3.8, 4) is 11.5 Å². The maximum Gasteiger partial charge on any atom is 0.191 e. The molecule has 0 bridgehead atoms. The highest BCUT2D eigenvalue weighted by molar-refractivity contribution is 14.0. The number of piperidine rings is 1. The van der Waals surface area contributed by atoms with Crippen LogP contribution in [0, 0.1) is 5.92 Å². The molecule has 31 heavy (non-hydrogen) atoms. The molecule has 0 radical (unpaired) electrons. The van der Waals surface area contributed by atoms with Crippen molar-refractivity contribution in [1.29, 1.82) is 0 Å². The lowest BCUT2D eigenvalue weighted by molar-refractivity contribution is 0.150. The second-order valence-electron chi connectivity index (χ2n) is 8.28. The Morgan fingerprint density at radius 3 is 2.71 bits per heavy atom. The Morgan fingerprint density at radius 2 is 2.03 bits per heavy atom. The number of aliphatic imine (C=N–C) groups is 1. The first-order valence-corrected chi connectivity index (χ1v) is 11.3. The molecule has 2 heterocycles. The van der Waals surface area contributed by atoms with Crippen LogP contribution in [0.1, 0.15) is 33.1 Å². The van der Waals surface area contributed by atoms with Gasteiger partial charge in [0.1, 0.15) is 17.6 Å². The number of nitrogens with one attached hydrogen (secondary N) is 2. The number of nitrogens with zero attached hydrogens (tertiary/aromatic N) is 2. The van der Waals surface area contributed by atoms with E-state index in [1.54, 1.807) is 7.11 Å². The molecule has 2 aliphatic rings. The van der Waals surface area contributed by atoms with E-state index in [4.69, 9.17) is 19.2 Å². The molecular formula is C23H39IN4O3. The van der Waals surface area contributed by atoms with E-state index < -0.39 is 0 Å². The Morgan fingerprint density at radius 1 is 1.26 bits per heavy atom. The smallest absolute Gasteiger partial charge is 0.191 e. The van der Waals surface area contributed by atoms with Crippen LogP contribution in [0.5, 0.6) is 11.5 Å². The maximum absolute atomic E-state index is 5.99. The van der Waals surface area contributed by atoms with Gasteiger partial charge in [0.05, 0.1) is 20.3 Å². The van der Waals surface area contributed by atoms with E-state index in [1.807, 2.05) is 31.2 Å². The van der Waals surface area contributed by atoms with E-state index in [-0.39, 0.29) is 30.1 Å². The fraction of sp³-hybridized carbons (Fsp3) is 0.696. The molecule has 1 aromatic carbocycles. The van der Waals surface area contributed by atoms with Gasteiger partial charge in [-0.25, -0.2) is 4.99 Å². The van der Waals surface area contributed by atoms with E-state index in [2.05, 4.69) is 22.5 Å². The molecule has 0 aliphatic carbocycles. The minimum absolute atomic E-state index is 0. The Labute approximate surface area is 204 Å². The molecule has 0 aromatic heterocycles. The normalized spacial score (nSPS) is 21.3. The van der Waals surface area contributed by atoms with Gasteiger partial charge in [-0.3, -0.25) is 0 Å². The molecule has 7 nitrogen and oxygen atoms in total. The first kappa shape index (κ1) is 26.0. The number of benzene rings is 1. The standard InChI is InChI=1S/C23H38N4O3.HI/c1-4-24-23(25-15-18(2)30-22-7-5-6-21(14-22)28-3)26-20-8-11-27(12-9-20)16-19-10-13-29-17-19;/h5-7,14,18-20H,4,8-13,15-17H2,1-3H3,(H2,24,25,26);1H. The highest BCUT2D eigenvalue weighted by Crippen LogP contribution is 2.20. The molecule has 0 spiro atoms. The van der Waals surface area contributed by atoms with E-state index in [0.29, 0.717) is 12.6 Å². The van der Waals surface area contributed by atoms with E-state index in [1.165, 1.54) is 13.0 Å². The van der Waals surface area contributed by atoms with Crippen LogP contribution in [-0.4, -0.2) is 76.1 Å². The highest BCUT2D eigenvalue weighted by atomic mass is 127. The third kappa shape index (κ3) is 9.02. The molecule has 2 fully saturated rings. The van der Waals surface area contributed by atoms with Crippen molar-refractivity contribution >= 4 is 29.9 Å². The largest absolute Gasteiger partial charge is 0.497 e. The summed E-state index contributed by atoms with van der Waals surface area (Å²) in [6, 6.07) is 8.15. The Balaban J connectivity index is 0.00000341. The van der Waals surface area contributed by atoms with E-state index in [9.17, 15) is 0 Å². The van der Waals surface area contributed by atoms with Crippen molar-refractivity contribution in [3.63, 3.8) is 0 Å². The van der Waals surface area contributed by atoms with Gasteiger partial charge >= 0.3 is 0 Å². The molecule has 1 aromatic rings. The van der Waals surface area contributed by atoms with Crippen LogP contribution >= 0.6 is 24.0 Å². The minimum atomic E-state index is -0.0250. The zero-order valence-electron chi connectivity index (χ0n) is 19.1. The van der Waals surface area contributed by atoms with Crippen LogP contribution in [0.15, 0.2) is 29.3 Å². The SMILES string of the molecule is CCNC(=NCC(C)Oc1cccc(OC)c1)NC1CCN(CC2CCOC2)CC1.I. The summed E-state index contributed by atoms with van der Waals surface area (Å²) in [5.74, 6) is 3.20. The van der Waals surface area contributed by atoms with Gasteiger partial charge in [-0.1, -0.05) is 6.07 Å². The summed E-state index contributed by atoms with van der Waals surface area (Å²) in [5, 5.41) is 6.99. The Hall–Kier alpha value is -1.26. The van der Waals surface area contributed by atoms with Gasteiger partial charge in [-0.15, -0.1) is 24.0 Å². The van der Waals surface area contributed by atoms with Crippen LogP contribution in [0.3, 0.4) is 0 Å². The van der Waals surface area contributed by atoms with Gasteiger partial charge in [0.25, 0.3) is 0 Å². The minimum Gasteiger partial charge on any atom is -0.497 e. The highest BCUT2D eigenvalue weighted by Gasteiger charge is 2.24. The average molecular weight is 546 g/mol. The van der Waals surface area contributed by atoms with Crippen LogP contribution in [0.4, 0.5) is 0 Å². The molecule has 0 saturated carbocycles. The molecule has 2 unspecified atom stereocenters. The quantitative estimate of drug-likeness (QED) is 0.282. The molecular weight excluding hydrogens is 507 g/mol. The van der Waals surface area contributed by atoms with Crippen LogP contribution < -0.4 is 20.1 Å². The number of hydrogen-bond donors (Lipinski definition) is 2. The lowest BCUT2D eigenvalue weighted by Gasteiger charge is -2.34. The molecule has 2 N–H and O–H groups in total. The van der Waals surface area contributed by atoms with Crippen molar-refractivity contribution in [1.82, 2.24) is 15.5 Å². The monoisotopic (exact) mass is 546 g/mol. The number of halogens is 1. The summed E-state index contributed by atoms with van der Waals surface area (Å²) in [6.45, 7) is 10.9. The van der Waals surface area contributed by atoms with E-state index in [0.717, 1.165) is 69.1 Å². The van der Waals surface area contributed by atoms with Gasteiger partial charge in [0.2, 0.25) is 0 Å². The molecule has 2 aliphatic heterocycles. The summed E-state index contributed by atoms with van der Waals surface area (Å²) >= 11 is 0. The lowest BCUT2D eigenvalue weighted by atomic mass is 10.0. The summed E-state index contributed by atoms with van der Waals surface area (Å²) in [6.07, 6.45) is 3.48. The Kier molecular flexibility index (Phi) is 11.7. The number of hydrogen-bond acceptors (Lipinski definition) is 5. The zero-order valence-corrected chi connectivity index (χ0v) is 21.5. The van der Waals surface area contributed by atoms with Crippen molar-refractivity contribution < 1.29 is 14.2 Å². The summed E-state index contributed by atoms with van der Waals surface area (Å²) < 4.78 is 16.8. The third-order valence-electron chi connectivity index (χ3n) is 5.70. The number of methoxy groups -OCH3 is 1. The Bertz CT molecular complexity index is 662. The van der Waals surface area contributed by atoms with Crippen molar-refractivity contribution in [2.75, 3.05) is 53.0 Å². The van der Waals surface area contributed by atoms with Gasteiger partial charge < -0.3 is 29.7 Å². The fourth-order valence-corrected chi connectivity index (χ4v) is 4.03. The zero-order chi connectivity index (χ0) is 21.2. The average Bonchev–Trinajstić information content (AvgIpc) is 3.27. The van der Waals surface area contributed by atoms with Gasteiger partial charge in [0.15, 0.2) is 5.96 Å². The topological polar surface area (TPSA) is 67.4 Å². The number of likely N-dealkylation sites (tertiary alicyclic amines) is 1. The van der Waals surface area contributed by atoms with Crippen molar-refractivity contribution in [3.05, 3.63) is 24.3 Å². The second kappa shape index (κ2) is 14.0. The molecule has 2 atom stereocenters. The van der Waals surface area contributed by atoms with Crippen molar-refractivity contribution in [2.24, 2.45) is 10.9 Å². The van der Waals surface area contributed by atoms with Crippen LogP contribution in [0.2, 0.25) is 0 Å². The summed E-state index contributed by atoms with van der Waals surface area (Å²) in [7, 11) is 1.66. The predicted octanol–water partition coefficient (Wildman–Crippen LogP) is 3.14. The maximum atomic E-state index is 5.99. The molecule has 3 rings (SSSR count).